The molecule has 0 radical (unpaired) electrons. The molecular weight excluding hydrogens is 452 g/mol. The molecule has 0 aliphatic rings. The second kappa shape index (κ2) is 11.4. The molecule has 1 N–H and O–H groups in total. The number of hydrogen-bond donors (Lipinski definition) is 1. The summed E-state index contributed by atoms with van der Waals surface area (Å²) in [5.74, 6) is 0. The Balaban J connectivity index is 1.76. The SMILES string of the molecule is CCCC=C(CCC)[C@@H](NS(=O)(=O)c1cccc2cccnc12)c1ccc(-c2ccccc2)cc1. The Morgan fingerprint density at radius 3 is 2.29 bits per heavy atom. The number of rotatable bonds is 10. The van der Waals surface area contributed by atoms with E-state index in [-0.39, 0.29) is 4.90 Å². The van der Waals surface area contributed by atoms with Gasteiger partial charge in [-0.25, -0.2) is 8.42 Å². The van der Waals surface area contributed by atoms with Gasteiger partial charge in [0, 0.05) is 11.6 Å². The Kier molecular flexibility index (Phi) is 8.11. The number of allylic oxidation sites excluding steroid dienone is 1. The monoisotopic (exact) mass is 484 g/mol. The predicted octanol–water partition coefficient (Wildman–Crippen LogP) is 7.45. The molecule has 0 saturated carbocycles. The van der Waals surface area contributed by atoms with Crippen LogP contribution in [-0.4, -0.2) is 13.4 Å². The van der Waals surface area contributed by atoms with Crippen molar-refractivity contribution < 1.29 is 8.42 Å². The van der Waals surface area contributed by atoms with Crippen molar-refractivity contribution in [2.75, 3.05) is 0 Å². The fourth-order valence-corrected chi connectivity index (χ4v) is 5.76. The van der Waals surface area contributed by atoms with Crippen molar-refractivity contribution in [2.45, 2.75) is 50.5 Å². The zero-order valence-electron chi connectivity index (χ0n) is 20.3. The number of nitrogens with zero attached hydrogens (tertiary/aromatic N) is 1. The molecule has 35 heavy (non-hydrogen) atoms. The highest BCUT2D eigenvalue weighted by Gasteiger charge is 2.26. The molecule has 0 fully saturated rings. The number of benzene rings is 3. The molecule has 1 atom stereocenters. The molecule has 0 bridgehead atoms. The number of sulfonamides is 1. The van der Waals surface area contributed by atoms with Crippen molar-refractivity contribution in [2.24, 2.45) is 0 Å². The highest BCUT2D eigenvalue weighted by molar-refractivity contribution is 7.89. The number of aromatic nitrogens is 1. The van der Waals surface area contributed by atoms with Crippen LogP contribution in [0.4, 0.5) is 0 Å². The Labute approximate surface area is 208 Å². The number of hydrogen-bond acceptors (Lipinski definition) is 3. The molecular formula is C30H32N2O2S. The van der Waals surface area contributed by atoms with E-state index in [2.05, 4.69) is 53.9 Å². The molecule has 1 heterocycles. The molecule has 4 rings (SSSR count). The Morgan fingerprint density at radius 1 is 0.857 bits per heavy atom. The van der Waals surface area contributed by atoms with E-state index in [0.717, 1.165) is 53.3 Å². The number of pyridine rings is 1. The van der Waals surface area contributed by atoms with E-state index in [1.165, 1.54) is 0 Å². The average molecular weight is 485 g/mol. The number of nitrogens with one attached hydrogen (secondary N) is 1. The summed E-state index contributed by atoms with van der Waals surface area (Å²) < 4.78 is 30.5. The first-order valence-electron chi connectivity index (χ1n) is 12.2. The van der Waals surface area contributed by atoms with Gasteiger partial charge in [-0.3, -0.25) is 4.98 Å². The van der Waals surface area contributed by atoms with Gasteiger partial charge in [-0.2, -0.15) is 4.72 Å². The first-order valence-corrected chi connectivity index (χ1v) is 13.7. The van der Waals surface area contributed by atoms with Gasteiger partial charge in [0.25, 0.3) is 0 Å². The minimum atomic E-state index is -3.84. The summed E-state index contributed by atoms with van der Waals surface area (Å²) in [5.41, 5.74) is 4.74. The maximum absolute atomic E-state index is 13.7. The quantitative estimate of drug-likeness (QED) is 0.238. The van der Waals surface area contributed by atoms with Crippen LogP contribution in [0.5, 0.6) is 0 Å². The van der Waals surface area contributed by atoms with Crippen LogP contribution in [0.2, 0.25) is 0 Å². The van der Waals surface area contributed by atoms with E-state index in [9.17, 15) is 8.42 Å². The van der Waals surface area contributed by atoms with Crippen LogP contribution in [-0.2, 0) is 10.0 Å². The number of fused-ring (bicyclic) bond motifs is 1. The van der Waals surface area contributed by atoms with Crippen LogP contribution in [0.25, 0.3) is 22.0 Å². The van der Waals surface area contributed by atoms with Crippen molar-refractivity contribution >= 4 is 20.9 Å². The van der Waals surface area contributed by atoms with Crippen LogP contribution in [0.15, 0.2) is 108 Å². The van der Waals surface area contributed by atoms with Crippen molar-refractivity contribution in [3.8, 4) is 11.1 Å². The van der Waals surface area contributed by atoms with Crippen molar-refractivity contribution in [3.63, 3.8) is 0 Å². The molecule has 180 valence electrons. The van der Waals surface area contributed by atoms with Gasteiger partial charge in [-0.15, -0.1) is 0 Å². The lowest BCUT2D eigenvalue weighted by molar-refractivity contribution is 0.567. The third-order valence-corrected chi connectivity index (χ3v) is 7.57. The molecule has 4 aromatic rings. The van der Waals surface area contributed by atoms with Gasteiger partial charge >= 0.3 is 0 Å². The Bertz CT molecular complexity index is 1390. The fraction of sp³-hybridized carbons (Fsp3) is 0.233. The third-order valence-electron chi connectivity index (χ3n) is 6.11. The summed E-state index contributed by atoms with van der Waals surface area (Å²) in [6.07, 6.45) is 7.50. The first-order chi connectivity index (χ1) is 17.0. The molecule has 0 unspecified atom stereocenters. The molecule has 0 aliphatic heterocycles. The van der Waals surface area contributed by atoms with Crippen LogP contribution >= 0.6 is 0 Å². The highest BCUT2D eigenvalue weighted by atomic mass is 32.2. The van der Waals surface area contributed by atoms with Gasteiger partial charge in [0.05, 0.1) is 11.6 Å². The topological polar surface area (TPSA) is 59.1 Å². The van der Waals surface area contributed by atoms with E-state index in [1.807, 2.05) is 48.5 Å². The van der Waals surface area contributed by atoms with Crippen LogP contribution < -0.4 is 4.72 Å². The van der Waals surface area contributed by atoms with E-state index in [4.69, 9.17) is 0 Å². The maximum atomic E-state index is 13.7. The Morgan fingerprint density at radius 2 is 1.57 bits per heavy atom. The second-order valence-electron chi connectivity index (χ2n) is 8.69. The summed E-state index contributed by atoms with van der Waals surface area (Å²) >= 11 is 0. The summed E-state index contributed by atoms with van der Waals surface area (Å²) in [4.78, 5) is 4.57. The summed E-state index contributed by atoms with van der Waals surface area (Å²) in [6, 6.07) is 26.9. The van der Waals surface area contributed by atoms with Crippen LogP contribution in [0, 0.1) is 0 Å². The predicted molar refractivity (Wildman–Crippen MR) is 145 cm³/mol. The van der Waals surface area contributed by atoms with Gasteiger partial charge < -0.3 is 0 Å². The summed E-state index contributed by atoms with van der Waals surface area (Å²) in [6.45, 7) is 4.26. The second-order valence-corrected chi connectivity index (χ2v) is 10.4. The van der Waals surface area contributed by atoms with Crippen molar-refractivity contribution in [1.82, 2.24) is 9.71 Å². The molecule has 3 aromatic carbocycles. The molecule has 0 aliphatic carbocycles. The van der Waals surface area contributed by atoms with E-state index in [0.29, 0.717) is 5.52 Å². The standard InChI is InChI=1S/C30H32N2O2S/c1-3-5-12-25(11-4-2)29(27-20-18-24(19-21-27)23-13-7-6-8-14-23)32-35(33,34)28-17-9-15-26-16-10-22-31-30(26)28/h6-10,12-22,29,32H,3-5,11H2,1-2H3/t29-/m1/s1. The zero-order valence-corrected chi connectivity index (χ0v) is 21.1. The maximum Gasteiger partial charge on any atom is 0.243 e. The summed E-state index contributed by atoms with van der Waals surface area (Å²) in [7, 11) is -3.84. The van der Waals surface area contributed by atoms with Crippen molar-refractivity contribution in [3.05, 3.63) is 108 Å². The summed E-state index contributed by atoms with van der Waals surface area (Å²) in [5, 5.41) is 0.800. The van der Waals surface area contributed by atoms with Crippen LogP contribution in [0.1, 0.15) is 51.1 Å². The number of unbranched alkanes of at least 4 members (excludes halogenated alkanes) is 1. The van der Waals surface area contributed by atoms with Crippen LogP contribution in [0.3, 0.4) is 0 Å². The van der Waals surface area contributed by atoms with Gasteiger partial charge in [0.1, 0.15) is 4.90 Å². The number of para-hydroxylation sites is 1. The van der Waals surface area contributed by atoms with Gasteiger partial charge in [-0.05, 0) is 41.7 Å². The Hall–Kier alpha value is -3.28. The van der Waals surface area contributed by atoms with Crippen molar-refractivity contribution in [1.29, 1.82) is 0 Å². The normalized spacial score (nSPS) is 13.1. The van der Waals surface area contributed by atoms with Gasteiger partial charge in [0.15, 0.2) is 0 Å². The van der Waals surface area contributed by atoms with Gasteiger partial charge in [0.2, 0.25) is 10.0 Å². The minimum Gasteiger partial charge on any atom is -0.255 e. The van der Waals surface area contributed by atoms with Gasteiger partial charge in [-0.1, -0.05) is 111 Å². The molecule has 0 saturated heterocycles. The van der Waals surface area contributed by atoms with E-state index < -0.39 is 16.1 Å². The molecule has 0 amide bonds. The van der Waals surface area contributed by atoms with E-state index >= 15 is 0 Å². The fourth-order valence-electron chi connectivity index (χ4n) is 4.35. The molecule has 1 aromatic heterocycles. The lowest BCUT2D eigenvalue weighted by atomic mass is 9.93. The average Bonchev–Trinajstić information content (AvgIpc) is 2.90. The zero-order chi connectivity index (χ0) is 24.7. The molecule has 0 spiro atoms. The smallest absolute Gasteiger partial charge is 0.243 e. The minimum absolute atomic E-state index is 0.202. The lowest BCUT2D eigenvalue weighted by Crippen LogP contribution is -2.30. The molecule has 4 nitrogen and oxygen atoms in total. The third kappa shape index (κ3) is 5.87. The molecule has 5 heteroatoms. The largest absolute Gasteiger partial charge is 0.255 e. The highest BCUT2D eigenvalue weighted by Crippen LogP contribution is 2.31. The lowest BCUT2D eigenvalue weighted by Gasteiger charge is -2.23. The first kappa shape index (κ1) is 24.8. The van der Waals surface area contributed by atoms with E-state index in [1.54, 1.807) is 18.3 Å².